The molecule has 3 aromatic rings. The number of rotatable bonds is 4. The summed E-state index contributed by atoms with van der Waals surface area (Å²) >= 11 is 0. The van der Waals surface area contributed by atoms with Gasteiger partial charge >= 0.3 is 6.03 Å². The van der Waals surface area contributed by atoms with Gasteiger partial charge < -0.3 is 5.73 Å². The molecular formula is C21H23N3O3S. The Labute approximate surface area is 164 Å². The van der Waals surface area contributed by atoms with Gasteiger partial charge in [0, 0.05) is 30.6 Å². The van der Waals surface area contributed by atoms with Crippen LogP contribution in [0.3, 0.4) is 0 Å². The van der Waals surface area contributed by atoms with E-state index in [0.29, 0.717) is 24.4 Å². The van der Waals surface area contributed by atoms with Crippen molar-refractivity contribution in [3.05, 3.63) is 65.9 Å². The predicted octanol–water partition coefficient (Wildman–Crippen LogP) is 3.33. The lowest BCUT2D eigenvalue weighted by Crippen LogP contribution is -2.35. The van der Waals surface area contributed by atoms with Crippen molar-refractivity contribution in [2.75, 3.05) is 13.1 Å². The van der Waals surface area contributed by atoms with Crippen LogP contribution in [0.15, 0.2) is 59.5 Å². The minimum Gasteiger partial charge on any atom is -0.351 e. The average Bonchev–Trinajstić information content (AvgIpc) is 3.07. The summed E-state index contributed by atoms with van der Waals surface area (Å²) in [6.07, 6.45) is 3.39. The number of para-hydroxylation sites is 1. The van der Waals surface area contributed by atoms with Crippen LogP contribution in [0.1, 0.15) is 30.5 Å². The van der Waals surface area contributed by atoms with E-state index in [1.54, 1.807) is 28.6 Å². The van der Waals surface area contributed by atoms with Crippen molar-refractivity contribution >= 4 is 27.0 Å². The van der Waals surface area contributed by atoms with Gasteiger partial charge in [-0.15, -0.1) is 0 Å². The van der Waals surface area contributed by atoms with Gasteiger partial charge in [-0.25, -0.2) is 13.2 Å². The van der Waals surface area contributed by atoms with Crippen molar-refractivity contribution in [3.63, 3.8) is 0 Å². The molecule has 1 aromatic heterocycles. The zero-order chi connectivity index (χ0) is 19.7. The lowest BCUT2D eigenvalue weighted by atomic mass is 10.1. The maximum absolute atomic E-state index is 12.8. The van der Waals surface area contributed by atoms with Crippen LogP contribution < -0.4 is 5.73 Å². The van der Waals surface area contributed by atoms with E-state index in [2.05, 4.69) is 0 Å². The molecule has 7 heteroatoms. The Morgan fingerprint density at radius 2 is 1.64 bits per heavy atom. The molecule has 2 N–H and O–H groups in total. The van der Waals surface area contributed by atoms with Crippen LogP contribution in [-0.2, 0) is 16.4 Å². The molecule has 0 bridgehead atoms. The first kappa shape index (κ1) is 18.7. The first-order valence-corrected chi connectivity index (χ1v) is 10.9. The van der Waals surface area contributed by atoms with Crippen molar-refractivity contribution in [1.82, 2.24) is 8.87 Å². The molecule has 0 radical (unpaired) electrons. The van der Waals surface area contributed by atoms with Gasteiger partial charge in [0.05, 0.1) is 10.4 Å². The lowest BCUT2D eigenvalue weighted by Gasteiger charge is -2.25. The fourth-order valence-corrected chi connectivity index (χ4v) is 5.36. The van der Waals surface area contributed by atoms with Gasteiger partial charge in [0.25, 0.3) is 0 Å². The molecule has 1 aliphatic heterocycles. The summed E-state index contributed by atoms with van der Waals surface area (Å²) in [4.78, 5) is 12.3. The van der Waals surface area contributed by atoms with Crippen molar-refractivity contribution in [2.45, 2.75) is 30.6 Å². The van der Waals surface area contributed by atoms with E-state index in [9.17, 15) is 13.2 Å². The van der Waals surface area contributed by atoms with Gasteiger partial charge in [-0.05, 0) is 42.7 Å². The van der Waals surface area contributed by atoms with Gasteiger partial charge in [-0.2, -0.15) is 4.31 Å². The number of amides is 1. The third kappa shape index (κ3) is 3.43. The second-order valence-electron chi connectivity index (χ2n) is 7.15. The molecule has 1 saturated heterocycles. The van der Waals surface area contributed by atoms with Crippen LogP contribution in [0.25, 0.3) is 10.9 Å². The van der Waals surface area contributed by atoms with Gasteiger partial charge in [-0.3, -0.25) is 4.57 Å². The average molecular weight is 398 g/mol. The maximum atomic E-state index is 12.8. The fraction of sp³-hybridized carbons (Fsp3) is 0.286. The molecule has 1 amide bonds. The van der Waals surface area contributed by atoms with Crippen LogP contribution in [0.5, 0.6) is 0 Å². The van der Waals surface area contributed by atoms with Crippen molar-refractivity contribution < 1.29 is 13.2 Å². The highest BCUT2D eigenvalue weighted by Gasteiger charge is 2.25. The molecule has 0 spiro atoms. The third-order valence-corrected chi connectivity index (χ3v) is 7.18. The van der Waals surface area contributed by atoms with E-state index >= 15 is 0 Å². The van der Waals surface area contributed by atoms with Gasteiger partial charge in [0.1, 0.15) is 0 Å². The first-order valence-electron chi connectivity index (χ1n) is 9.45. The number of hydrogen-bond acceptors (Lipinski definition) is 3. The summed E-state index contributed by atoms with van der Waals surface area (Å²) in [5, 5.41) is 0.945. The van der Waals surface area contributed by atoms with Gasteiger partial charge in [0.15, 0.2) is 0 Å². The molecule has 1 aliphatic rings. The van der Waals surface area contributed by atoms with Crippen LogP contribution in [0.2, 0.25) is 0 Å². The van der Waals surface area contributed by atoms with E-state index in [1.165, 1.54) is 4.57 Å². The Morgan fingerprint density at radius 1 is 0.964 bits per heavy atom. The standard InChI is InChI=1S/C21H23N3O3S/c22-21(25)24-18(15-17-6-2-3-7-20(17)24)14-16-8-10-19(11-9-16)28(26,27)23-12-4-1-5-13-23/h2-3,6-11,15H,1,4-5,12-14H2,(H2,22,25). The highest BCUT2D eigenvalue weighted by molar-refractivity contribution is 7.89. The van der Waals surface area contributed by atoms with Crippen molar-refractivity contribution in [2.24, 2.45) is 5.73 Å². The lowest BCUT2D eigenvalue weighted by molar-refractivity contribution is 0.250. The highest BCUT2D eigenvalue weighted by Crippen LogP contribution is 2.24. The Balaban J connectivity index is 1.61. The van der Waals surface area contributed by atoms with Crippen molar-refractivity contribution in [1.29, 1.82) is 0 Å². The van der Waals surface area contributed by atoms with E-state index in [0.717, 1.165) is 41.4 Å². The number of nitrogens with zero attached hydrogens (tertiary/aromatic N) is 2. The number of hydrogen-bond donors (Lipinski definition) is 1. The second-order valence-corrected chi connectivity index (χ2v) is 9.09. The van der Waals surface area contributed by atoms with Crippen LogP contribution in [0, 0.1) is 0 Å². The second kappa shape index (κ2) is 7.41. The van der Waals surface area contributed by atoms with Gasteiger partial charge in [-0.1, -0.05) is 36.8 Å². The Kier molecular flexibility index (Phi) is 4.95. The van der Waals surface area contributed by atoms with Crippen LogP contribution >= 0.6 is 0 Å². The molecule has 2 aromatic carbocycles. The predicted molar refractivity (Wildman–Crippen MR) is 109 cm³/mol. The van der Waals surface area contributed by atoms with E-state index < -0.39 is 16.1 Å². The molecule has 2 heterocycles. The van der Waals surface area contributed by atoms with E-state index in [-0.39, 0.29) is 0 Å². The summed E-state index contributed by atoms with van der Waals surface area (Å²) in [5.41, 5.74) is 8.05. The van der Waals surface area contributed by atoms with E-state index in [1.807, 2.05) is 30.3 Å². The minimum absolute atomic E-state index is 0.314. The summed E-state index contributed by atoms with van der Waals surface area (Å²) in [6, 6.07) is 15.9. The number of carbonyl (C=O) groups is 1. The number of sulfonamides is 1. The third-order valence-electron chi connectivity index (χ3n) is 5.27. The summed E-state index contributed by atoms with van der Waals surface area (Å²) in [6.45, 7) is 1.17. The van der Waals surface area contributed by atoms with E-state index in [4.69, 9.17) is 5.73 Å². The SMILES string of the molecule is NC(=O)n1c(Cc2ccc(S(=O)(=O)N3CCCCC3)cc2)cc2ccccc21. The smallest absolute Gasteiger partial charge is 0.323 e. The maximum Gasteiger partial charge on any atom is 0.323 e. The number of piperidine rings is 1. The molecular weight excluding hydrogens is 374 g/mol. The molecule has 0 aliphatic carbocycles. The summed E-state index contributed by atoms with van der Waals surface area (Å²) in [7, 11) is -3.44. The quantitative estimate of drug-likeness (QED) is 0.733. The van der Waals surface area contributed by atoms with Crippen molar-refractivity contribution in [3.8, 4) is 0 Å². The first-order chi connectivity index (χ1) is 13.5. The monoisotopic (exact) mass is 397 g/mol. The fourth-order valence-electron chi connectivity index (χ4n) is 3.85. The summed E-state index contributed by atoms with van der Waals surface area (Å²) in [5.74, 6) is 0. The number of carbonyl (C=O) groups excluding carboxylic acids is 1. The molecule has 28 heavy (non-hydrogen) atoms. The molecule has 4 rings (SSSR count). The molecule has 1 fully saturated rings. The number of primary amides is 1. The topological polar surface area (TPSA) is 85.4 Å². The largest absolute Gasteiger partial charge is 0.351 e. The normalized spacial score (nSPS) is 15.7. The Hall–Kier alpha value is -2.64. The van der Waals surface area contributed by atoms with Crippen LogP contribution in [0.4, 0.5) is 4.79 Å². The number of benzene rings is 2. The number of nitrogens with two attached hydrogens (primary N) is 1. The molecule has 0 saturated carbocycles. The number of fused-ring (bicyclic) bond motifs is 1. The molecule has 6 nitrogen and oxygen atoms in total. The molecule has 0 unspecified atom stereocenters. The highest BCUT2D eigenvalue weighted by atomic mass is 32.2. The minimum atomic E-state index is -3.44. The molecule has 146 valence electrons. The Bertz CT molecular complexity index is 1110. The summed E-state index contributed by atoms with van der Waals surface area (Å²) < 4.78 is 28.6. The zero-order valence-corrected chi connectivity index (χ0v) is 16.4. The molecule has 0 atom stereocenters. The number of aromatic nitrogens is 1. The Morgan fingerprint density at radius 3 is 2.32 bits per heavy atom. The van der Waals surface area contributed by atoms with Crippen LogP contribution in [-0.4, -0.2) is 36.4 Å². The van der Waals surface area contributed by atoms with Gasteiger partial charge in [0.2, 0.25) is 10.0 Å². The zero-order valence-electron chi connectivity index (χ0n) is 15.5.